The lowest BCUT2D eigenvalue weighted by Gasteiger charge is -2.21. The number of halogens is 1. The number of rotatable bonds is 5. The summed E-state index contributed by atoms with van der Waals surface area (Å²) >= 11 is 5.90. The van der Waals surface area contributed by atoms with Gasteiger partial charge in [0.1, 0.15) is 5.54 Å². The fraction of sp³-hybridized carbons (Fsp3) is 0.438. The molecule has 7 nitrogen and oxygen atoms in total. The maximum Gasteiger partial charge on any atom is 0.340 e. The minimum Gasteiger partial charge on any atom is -0.452 e. The van der Waals surface area contributed by atoms with Crippen molar-refractivity contribution in [1.82, 2.24) is 5.32 Å². The van der Waals surface area contributed by atoms with Crippen LogP contribution in [0.4, 0.5) is 0 Å². The van der Waals surface area contributed by atoms with E-state index in [2.05, 4.69) is 11.4 Å². The lowest BCUT2D eigenvalue weighted by atomic mass is 10.00. The zero-order valence-electron chi connectivity index (χ0n) is 13.5. The Labute approximate surface area is 150 Å². The third kappa shape index (κ3) is 4.71. The van der Waals surface area contributed by atoms with Crippen molar-refractivity contribution >= 4 is 33.3 Å². The van der Waals surface area contributed by atoms with Gasteiger partial charge < -0.3 is 10.1 Å². The predicted octanol–water partition coefficient (Wildman–Crippen LogP) is 1.85. The molecule has 0 heterocycles. The van der Waals surface area contributed by atoms with Gasteiger partial charge in [0.2, 0.25) is 0 Å². The van der Waals surface area contributed by atoms with E-state index in [0.717, 1.165) is 25.2 Å². The molecular weight excluding hydrogens is 368 g/mol. The minimum atomic E-state index is -3.52. The van der Waals surface area contributed by atoms with Gasteiger partial charge in [0.05, 0.1) is 21.6 Å². The highest BCUT2D eigenvalue weighted by Crippen LogP contribution is 2.28. The molecule has 2 rings (SSSR count). The monoisotopic (exact) mass is 384 g/mol. The summed E-state index contributed by atoms with van der Waals surface area (Å²) in [5, 5.41) is 11.8. The molecule has 0 aliphatic heterocycles. The molecular formula is C16H17ClN2O5S. The Balaban J connectivity index is 2.03. The summed E-state index contributed by atoms with van der Waals surface area (Å²) in [4.78, 5) is 24.0. The highest BCUT2D eigenvalue weighted by molar-refractivity contribution is 7.90. The molecule has 1 aliphatic carbocycles. The summed E-state index contributed by atoms with van der Waals surface area (Å²) in [5.41, 5.74) is -1.05. The maximum atomic E-state index is 12.1. The van der Waals surface area contributed by atoms with Gasteiger partial charge in [-0.15, -0.1) is 0 Å². The number of carbonyl (C=O) groups is 2. The van der Waals surface area contributed by atoms with Crippen LogP contribution >= 0.6 is 11.6 Å². The minimum absolute atomic E-state index is 0.0158. The lowest BCUT2D eigenvalue weighted by Crippen LogP contribution is -2.46. The van der Waals surface area contributed by atoms with E-state index in [0.29, 0.717) is 12.8 Å². The summed E-state index contributed by atoms with van der Waals surface area (Å²) in [7, 11) is -3.52. The Morgan fingerprint density at radius 2 is 2.00 bits per heavy atom. The van der Waals surface area contributed by atoms with Crippen LogP contribution in [0.1, 0.15) is 36.0 Å². The Kier molecular flexibility index (Phi) is 5.70. The van der Waals surface area contributed by atoms with E-state index in [-0.39, 0.29) is 15.5 Å². The molecule has 0 unspecified atom stereocenters. The molecule has 1 N–H and O–H groups in total. The van der Waals surface area contributed by atoms with Gasteiger partial charge in [0.15, 0.2) is 16.4 Å². The number of nitriles is 1. The first-order valence-corrected chi connectivity index (χ1v) is 9.83. The van der Waals surface area contributed by atoms with E-state index in [4.69, 9.17) is 16.3 Å². The second-order valence-electron chi connectivity index (χ2n) is 5.94. The Morgan fingerprint density at radius 3 is 2.56 bits per heavy atom. The first-order valence-electron chi connectivity index (χ1n) is 7.56. The molecule has 0 bridgehead atoms. The van der Waals surface area contributed by atoms with Crippen molar-refractivity contribution in [1.29, 1.82) is 5.26 Å². The molecule has 134 valence electrons. The van der Waals surface area contributed by atoms with E-state index in [1.54, 1.807) is 0 Å². The van der Waals surface area contributed by atoms with Gasteiger partial charge >= 0.3 is 5.97 Å². The van der Waals surface area contributed by atoms with Crippen LogP contribution in [0.2, 0.25) is 5.02 Å². The SMILES string of the molecule is CS(=O)(=O)c1ccc(Cl)c(C(=O)OCC(=O)NC2(C#N)CCCC2)c1. The quantitative estimate of drug-likeness (QED) is 0.775. The van der Waals surface area contributed by atoms with Crippen molar-refractivity contribution in [3.63, 3.8) is 0 Å². The molecule has 0 atom stereocenters. The van der Waals surface area contributed by atoms with Gasteiger partial charge in [-0.05, 0) is 43.9 Å². The standard InChI is InChI=1S/C16H17ClN2O5S/c1-25(22,23)11-4-5-13(17)12(8-11)15(21)24-9-14(20)19-16(10-18)6-2-3-7-16/h4-5,8H,2-3,6-7,9H2,1H3,(H,19,20). The van der Waals surface area contributed by atoms with Crippen LogP contribution in [0.15, 0.2) is 23.1 Å². The second-order valence-corrected chi connectivity index (χ2v) is 8.36. The number of ether oxygens (including phenoxy) is 1. The average molecular weight is 385 g/mol. The van der Waals surface area contributed by atoms with E-state index in [1.807, 2.05) is 0 Å². The Morgan fingerprint density at radius 1 is 1.36 bits per heavy atom. The van der Waals surface area contributed by atoms with Crippen LogP contribution in [-0.2, 0) is 19.4 Å². The van der Waals surface area contributed by atoms with Crippen molar-refractivity contribution in [3.8, 4) is 6.07 Å². The molecule has 1 aliphatic rings. The fourth-order valence-electron chi connectivity index (χ4n) is 2.65. The number of nitrogens with zero attached hydrogens (tertiary/aromatic N) is 1. The van der Waals surface area contributed by atoms with Gasteiger partial charge in [-0.25, -0.2) is 13.2 Å². The molecule has 0 aromatic heterocycles. The van der Waals surface area contributed by atoms with Crippen molar-refractivity contribution in [2.75, 3.05) is 12.9 Å². The predicted molar refractivity (Wildman–Crippen MR) is 89.8 cm³/mol. The van der Waals surface area contributed by atoms with Crippen LogP contribution in [0.25, 0.3) is 0 Å². The Hall–Kier alpha value is -2.11. The van der Waals surface area contributed by atoms with Crippen molar-refractivity contribution in [2.45, 2.75) is 36.1 Å². The highest BCUT2D eigenvalue weighted by atomic mass is 35.5. The zero-order valence-corrected chi connectivity index (χ0v) is 15.1. The van der Waals surface area contributed by atoms with E-state index in [1.165, 1.54) is 12.1 Å². The molecule has 0 spiro atoms. The molecule has 0 radical (unpaired) electrons. The molecule has 9 heteroatoms. The van der Waals surface area contributed by atoms with Gasteiger partial charge in [-0.1, -0.05) is 11.6 Å². The number of hydrogen-bond acceptors (Lipinski definition) is 6. The van der Waals surface area contributed by atoms with Crippen LogP contribution in [-0.4, -0.2) is 38.7 Å². The van der Waals surface area contributed by atoms with Crippen molar-refractivity contribution in [3.05, 3.63) is 28.8 Å². The van der Waals surface area contributed by atoms with E-state index < -0.39 is 33.9 Å². The van der Waals surface area contributed by atoms with Crippen LogP contribution in [0.3, 0.4) is 0 Å². The number of sulfone groups is 1. The topological polar surface area (TPSA) is 113 Å². The summed E-state index contributed by atoms with van der Waals surface area (Å²) in [5.74, 6) is -1.50. The maximum absolute atomic E-state index is 12.1. The molecule has 25 heavy (non-hydrogen) atoms. The van der Waals surface area contributed by atoms with Gasteiger partial charge in [-0.3, -0.25) is 4.79 Å². The number of benzene rings is 1. The summed E-state index contributed by atoms with van der Waals surface area (Å²) < 4.78 is 28.0. The molecule has 1 aromatic rings. The second kappa shape index (κ2) is 7.42. The molecule has 0 saturated heterocycles. The number of amides is 1. The first-order chi connectivity index (χ1) is 11.7. The van der Waals surface area contributed by atoms with E-state index >= 15 is 0 Å². The van der Waals surface area contributed by atoms with Crippen LogP contribution in [0, 0.1) is 11.3 Å². The number of hydrogen-bond donors (Lipinski definition) is 1. The third-order valence-corrected chi connectivity index (χ3v) is 5.41. The largest absolute Gasteiger partial charge is 0.452 e. The number of carbonyl (C=O) groups excluding carboxylic acids is 2. The molecule has 1 aromatic carbocycles. The number of esters is 1. The zero-order chi connectivity index (χ0) is 18.7. The Bertz CT molecular complexity index is 839. The van der Waals surface area contributed by atoms with Gasteiger partial charge in [0, 0.05) is 6.26 Å². The third-order valence-electron chi connectivity index (χ3n) is 3.97. The summed E-state index contributed by atoms with van der Waals surface area (Å²) in [6.45, 7) is -0.582. The smallest absolute Gasteiger partial charge is 0.340 e. The average Bonchev–Trinajstić information content (AvgIpc) is 3.01. The van der Waals surface area contributed by atoms with Crippen molar-refractivity contribution < 1.29 is 22.7 Å². The van der Waals surface area contributed by atoms with E-state index in [9.17, 15) is 23.3 Å². The normalized spacial score (nSPS) is 16.0. The number of nitrogens with one attached hydrogen (secondary N) is 1. The first kappa shape index (κ1) is 19.2. The molecule has 1 saturated carbocycles. The van der Waals surface area contributed by atoms with Gasteiger partial charge in [0.25, 0.3) is 5.91 Å². The summed E-state index contributed by atoms with van der Waals surface area (Å²) in [6, 6.07) is 5.75. The summed E-state index contributed by atoms with van der Waals surface area (Å²) in [6.07, 6.45) is 3.82. The highest BCUT2D eigenvalue weighted by Gasteiger charge is 2.35. The molecule has 1 fully saturated rings. The van der Waals surface area contributed by atoms with Gasteiger partial charge in [-0.2, -0.15) is 5.26 Å². The molecule has 1 amide bonds. The van der Waals surface area contributed by atoms with Crippen molar-refractivity contribution in [2.24, 2.45) is 0 Å². The fourth-order valence-corrected chi connectivity index (χ4v) is 3.49. The van der Waals surface area contributed by atoms with Crippen LogP contribution < -0.4 is 5.32 Å². The lowest BCUT2D eigenvalue weighted by molar-refractivity contribution is -0.125. The van der Waals surface area contributed by atoms with Crippen LogP contribution in [0.5, 0.6) is 0 Å².